The fourth-order valence-electron chi connectivity index (χ4n) is 2.35. The smallest absolute Gasteiger partial charge is 0.271 e. The van der Waals surface area contributed by atoms with E-state index in [9.17, 15) is 4.79 Å². The highest BCUT2D eigenvalue weighted by molar-refractivity contribution is 7.25. The van der Waals surface area contributed by atoms with E-state index in [1.165, 1.54) is 15.9 Å². The SMILES string of the molecule is C/C(=C/Cn1cnc2c(sc3nccc(N(C)C)c32)c1=O)ON. The molecule has 120 valence electrons. The molecule has 0 radical (unpaired) electrons. The van der Waals surface area contributed by atoms with Crippen LogP contribution < -0.4 is 16.4 Å². The molecule has 0 aliphatic heterocycles. The van der Waals surface area contributed by atoms with E-state index in [2.05, 4.69) is 14.8 Å². The molecule has 0 amide bonds. The third kappa shape index (κ3) is 2.66. The molecule has 0 aromatic carbocycles. The van der Waals surface area contributed by atoms with Gasteiger partial charge in [-0.05, 0) is 19.1 Å². The van der Waals surface area contributed by atoms with Crippen molar-refractivity contribution in [3.05, 3.63) is 40.8 Å². The van der Waals surface area contributed by atoms with Crippen LogP contribution in [-0.2, 0) is 11.4 Å². The molecule has 0 aliphatic rings. The lowest BCUT2D eigenvalue weighted by Gasteiger charge is -2.13. The molecular weight excluding hydrogens is 314 g/mol. The van der Waals surface area contributed by atoms with Crippen LogP contribution in [0.1, 0.15) is 6.92 Å². The van der Waals surface area contributed by atoms with Gasteiger partial charge in [0.2, 0.25) is 0 Å². The summed E-state index contributed by atoms with van der Waals surface area (Å²) in [6, 6.07) is 1.92. The maximum atomic E-state index is 12.7. The Bertz CT molecular complexity index is 958. The first-order chi connectivity index (χ1) is 11.0. The van der Waals surface area contributed by atoms with Gasteiger partial charge in [-0.1, -0.05) is 0 Å². The molecule has 7 nitrogen and oxygen atoms in total. The van der Waals surface area contributed by atoms with Crippen LogP contribution in [0.15, 0.2) is 35.2 Å². The van der Waals surface area contributed by atoms with E-state index in [-0.39, 0.29) is 5.56 Å². The highest BCUT2D eigenvalue weighted by Crippen LogP contribution is 2.34. The van der Waals surface area contributed by atoms with Gasteiger partial charge in [0.25, 0.3) is 5.56 Å². The molecule has 3 rings (SSSR count). The van der Waals surface area contributed by atoms with Gasteiger partial charge < -0.3 is 9.74 Å². The van der Waals surface area contributed by atoms with Crippen LogP contribution in [0.4, 0.5) is 5.69 Å². The summed E-state index contributed by atoms with van der Waals surface area (Å²) in [7, 11) is 3.92. The highest BCUT2D eigenvalue weighted by Gasteiger charge is 2.16. The number of nitrogens with zero attached hydrogens (tertiary/aromatic N) is 4. The Hall–Kier alpha value is -2.45. The third-order valence-electron chi connectivity index (χ3n) is 3.57. The molecule has 0 fully saturated rings. The molecule has 0 aliphatic carbocycles. The average Bonchev–Trinajstić information content (AvgIpc) is 2.93. The number of anilines is 1. The van der Waals surface area contributed by atoms with Crippen molar-refractivity contribution < 1.29 is 4.84 Å². The molecule has 0 atom stereocenters. The van der Waals surface area contributed by atoms with Gasteiger partial charge in [-0.15, -0.1) is 11.3 Å². The number of fused-ring (bicyclic) bond motifs is 3. The summed E-state index contributed by atoms with van der Waals surface area (Å²) >= 11 is 1.36. The molecule has 0 unspecified atom stereocenters. The van der Waals surface area contributed by atoms with Crippen molar-refractivity contribution in [2.45, 2.75) is 13.5 Å². The summed E-state index contributed by atoms with van der Waals surface area (Å²) in [5.74, 6) is 5.62. The summed E-state index contributed by atoms with van der Waals surface area (Å²) < 4.78 is 2.12. The molecule has 0 bridgehead atoms. The second kappa shape index (κ2) is 5.98. The number of hydrogen-bond donors (Lipinski definition) is 1. The lowest BCUT2D eigenvalue weighted by Crippen LogP contribution is -2.19. The third-order valence-corrected chi connectivity index (χ3v) is 4.64. The quantitative estimate of drug-likeness (QED) is 0.580. The summed E-state index contributed by atoms with van der Waals surface area (Å²) in [4.78, 5) is 28.9. The van der Waals surface area contributed by atoms with Crippen molar-refractivity contribution in [1.82, 2.24) is 14.5 Å². The van der Waals surface area contributed by atoms with Crippen molar-refractivity contribution in [3.8, 4) is 0 Å². The maximum Gasteiger partial charge on any atom is 0.271 e. The predicted molar refractivity (Wildman–Crippen MR) is 92.5 cm³/mol. The molecular formula is C15H17N5O2S. The first-order valence-electron chi connectivity index (χ1n) is 7.00. The fourth-order valence-corrected chi connectivity index (χ4v) is 3.41. The first kappa shape index (κ1) is 15.4. The van der Waals surface area contributed by atoms with Crippen molar-refractivity contribution in [1.29, 1.82) is 0 Å². The van der Waals surface area contributed by atoms with Crippen molar-refractivity contribution >= 4 is 37.5 Å². The molecule has 0 saturated heterocycles. The van der Waals surface area contributed by atoms with E-state index in [1.54, 1.807) is 25.5 Å². The topological polar surface area (TPSA) is 86.3 Å². The Morgan fingerprint density at radius 1 is 1.48 bits per heavy atom. The minimum Gasteiger partial charge on any atom is -0.417 e. The van der Waals surface area contributed by atoms with E-state index in [0.717, 1.165) is 15.9 Å². The van der Waals surface area contributed by atoms with Crippen molar-refractivity contribution in [2.24, 2.45) is 5.90 Å². The van der Waals surface area contributed by atoms with Gasteiger partial charge in [0, 0.05) is 26.8 Å². The lowest BCUT2D eigenvalue weighted by molar-refractivity contribution is 0.221. The number of rotatable bonds is 4. The van der Waals surface area contributed by atoms with E-state index in [4.69, 9.17) is 5.90 Å². The predicted octanol–water partition coefficient (Wildman–Crippen LogP) is 1.87. The Labute approximate surface area is 136 Å². The van der Waals surface area contributed by atoms with Crippen LogP contribution in [0.5, 0.6) is 0 Å². The van der Waals surface area contributed by atoms with Crippen LogP contribution in [0, 0.1) is 0 Å². The summed E-state index contributed by atoms with van der Waals surface area (Å²) in [6.45, 7) is 2.08. The normalized spacial score (nSPS) is 12.1. The molecule has 0 spiro atoms. The van der Waals surface area contributed by atoms with Gasteiger partial charge in [-0.2, -0.15) is 5.90 Å². The molecule has 3 heterocycles. The fraction of sp³-hybridized carbons (Fsp3) is 0.267. The average molecular weight is 331 g/mol. The lowest BCUT2D eigenvalue weighted by atomic mass is 10.2. The highest BCUT2D eigenvalue weighted by atomic mass is 32.1. The second-order valence-corrected chi connectivity index (χ2v) is 6.32. The largest absolute Gasteiger partial charge is 0.417 e. The van der Waals surface area contributed by atoms with Crippen LogP contribution in [0.2, 0.25) is 0 Å². The Kier molecular flexibility index (Phi) is 4.01. The van der Waals surface area contributed by atoms with E-state index < -0.39 is 0 Å². The van der Waals surface area contributed by atoms with Crippen LogP contribution >= 0.6 is 11.3 Å². The molecule has 8 heteroatoms. The number of aromatic nitrogens is 3. The zero-order chi connectivity index (χ0) is 16.6. The van der Waals surface area contributed by atoms with Gasteiger partial charge in [0.15, 0.2) is 0 Å². The van der Waals surface area contributed by atoms with Gasteiger partial charge in [-0.3, -0.25) is 9.36 Å². The van der Waals surface area contributed by atoms with Crippen LogP contribution in [0.25, 0.3) is 20.4 Å². The molecule has 3 aromatic rings. The van der Waals surface area contributed by atoms with Crippen molar-refractivity contribution in [2.75, 3.05) is 19.0 Å². The zero-order valence-corrected chi connectivity index (χ0v) is 13.9. The standard InChI is InChI=1S/C15H17N5O2S/c1-9(22-16)5-7-20-8-18-12-11-10(19(2)3)4-6-17-14(11)23-13(12)15(20)21/h4-6,8H,7,16H2,1-3H3/b9-5-. The van der Waals surface area contributed by atoms with Crippen molar-refractivity contribution in [3.63, 3.8) is 0 Å². The minimum atomic E-state index is -0.0937. The number of nitrogens with two attached hydrogens (primary N) is 1. The second-order valence-electron chi connectivity index (χ2n) is 5.32. The number of hydrogen-bond acceptors (Lipinski definition) is 7. The van der Waals surface area contributed by atoms with E-state index in [0.29, 0.717) is 22.5 Å². The molecule has 0 saturated carbocycles. The molecule has 3 aromatic heterocycles. The van der Waals surface area contributed by atoms with Gasteiger partial charge >= 0.3 is 0 Å². The Morgan fingerprint density at radius 3 is 2.96 bits per heavy atom. The van der Waals surface area contributed by atoms with Gasteiger partial charge in [0.05, 0.1) is 22.9 Å². The maximum absolute atomic E-state index is 12.7. The van der Waals surface area contributed by atoms with Gasteiger partial charge in [-0.25, -0.2) is 9.97 Å². The number of pyridine rings is 1. The zero-order valence-electron chi connectivity index (χ0n) is 13.1. The summed E-state index contributed by atoms with van der Waals surface area (Å²) in [5, 5.41) is 0.916. The van der Waals surface area contributed by atoms with E-state index in [1.807, 2.05) is 25.1 Å². The first-order valence-corrected chi connectivity index (χ1v) is 7.82. The van der Waals surface area contributed by atoms with Crippen LogP contribution in [-0.4, -0.2) is 28.6 Å². The van der Waals surface area contributed by atoms with E-state index >= 15 is 0 Å². The van der Waals surface area contributed by atoms with Crippen LogP contribution in [0.3, 0.4) is 0 Å². The summed E-state index contributed by atoms with van der Waals surface area (Å²) in [6.07, 6.45) is 5.02. The molecule has 23 heavy (non-hydrogen) atoms. The Balaban J connectivity index is 2.22. The Morgan fingerprint density at radius 2 is 2.26 bits per heavy atom. The summed E-state index contributed by atoms with van der Waals surface area (Å²) in [5.41, 5.74) is 1.60. The monoisotopic (exact) mass is 331 g/mol. The minimum absolute atomic E-state index is 0.0937. The number of allylic oxidation sites excluding steroid dienone is 2. The number of thiophene rings is 1. The van der Waals surface area contributed by atoms with Gasteiger partial charge in [0.1, 0.15) is 15.3 Å². The molecule has 2 N–H and O–H groups in total.